The van der Waals surface area contributed by atoms with Gasteiger partial charge in [-0.05, 0) is 71.0 Å². The molecule has 2 rings (SSSR count). The van der Waals surface area contributed by atoms with E-state index in [0.29, 0.717) is 23.7 Å². The number of anilines is 2. The largest absolute Gasteiger partial charge is 0.494 e. The number of nitrogens with one attached hydrogen (secondary N) is 2. The minimum Gasteiger partial charge on any atom is -0.494 e. The number of hydrogen-bond acceptors (Lipinski definition) is 4. The molecular weight excluding hydrogens is 356 g/mol. The van der Waals surface area contributed by atoms with Crippen LogP contribution < -0.4 is 20.1 Å². The zero-order valence-electron chi connectivity index (χ0n) is 17.0. The normalized spacial score (nSPS) is 11.1. The van der Waals surface area contributed by atoms with Crippen molar-refractivity contribution in [1.29, 1.82) is 0 Å². The Kier molecular flexibility index (Phi) is 7.04. The van der Waals surface area contributed by atoms with Crippen LogP contribution >= 0.6 is 0 Å². The van der Waals surface area contributed by atoms with Crippen LogP contribution in [0.15, 0.2) is 48.5 Å². The highest BCUT2D eigenvalue weighted by Gasteiger charge is 2.36. The van der Waals surface area contributed by atoms with Crippen LogP contribution in [0.1, 0.15) is 34.6 Å². The van der Waals surface area contributed by atoms with Crippen molar-refractivity contribution in [3.8, 4) is 11.5 Å². The lowest BCUT2D eigenvalue weighted by Crippen LogP contribution is -2.41. The number of amides is 2. The second-order valence-corrected chi connectivity index (χ2v) is 7.15. The zero-order valence-corrected chi connectivity index (χ0v) is 17.0. The third kappa shape index (κ3) is 5.49. The van der Waals surface area contributed by atoms with Gasteiger partial charge in [0.05, 0.1) is 18.4 Å². The smallest absolute Gasteiger partial charge is 0.239 e. The average Bonchev–Trinajstić information content (AvgIpc) is 2.64. The number of hydrogen-bond donors (Lipinski definition) is 2. The summed E-state index contributed by atoms with van der Waals surface area (Å²) in [6, 6.07) is 14.2. The fraction of sp³-hybridized carbons (Fsp3) is 0.364. The number of carbonyl (C=O) groups is 2. The van der Waals surface area contributed by atoms with Crippen LogP contribution in [0.4, 0.5) is 11.4 Å². The molecular formula is C22H28N2O4. The van der Waals surface area contributed by atoms with Gasteiger partial charge in [0.15, 0.2) is 0 Å². The minimum absolute atomic E-state index is 0.0333. The predicted molar refractivity (Wildman–Crippen MR) is 111 cm³/mol. The van der Waals surface area contributed by atoms with E-state index in [2.05, 4.69) is 10.6 Å². The van der Waals surface area contributed by atoms with Gasteiger partial charge in [-0.3, -0.25) is 9.59 Å². The highest BCUT2D eigenvalue weighted by atomic mass is 16.5. The molecule has 0 bridgehead atoms. The number of rotatable bonds is 8. The molecule has 0 aromatic heterocycles. The quantitative estimate of drug-likeness (QED) is 0.658. The Bertz CT molecular complexity index is 814. The second kappa shape index (κ2) is 9.26. The summed E-state index contributed by atoms with van der Waals surface area (Å²) in [5.74, 6) is 0.458. The Balaban J connectivity index is 2.08. The number of benzene rings is 2. The van der Waals surface area contributed by atoms with E-state index in [4.69, 9.17) is 9.47 Å². The molecule has 6 heteroatoms. The molecule has 0 aliphatic rings. The summed E-state index contributed by atoms with van der Waals surface area (Å²) in [4.78, 5) is 25.5. The van der Waals surface area contributed by atoms with Crippen molar-refractivity contribution in [3.05, 3.63) is 48.5 Å². The molecule has 2 N–H and O–H groups in total. The first-order chi connectivity index (χ1) is 13.2. The van der Waals surface area contributed by atoms with Crippen molar-refractivity contribution in [2.24, 2.45) is 5.41 Å². The first-order valence-corrected chi connectivity index (χ1v) is 9.35. The van der Waals surface area contributed by atoms with E-state index in [0.717, 1.165) is 5.75 Å². The maximum atomic E-state index is 12.8. The maximum absolute atomic E-state index is 12.8. The molecule has 150 valence electrons. The van der Waals surface area contributed by atoms with Crippen molar-refractivity contribution < 1.29 is 19.1 Å². The van der Waals surface area contributed by atoms with E-state index >= 15 is 0 Å². The Morgan fingerprint density at radius 2 is 1.57 bits per heavy atom. The van der Waals surface area contributed by atoms with Gasteiger partial charge in [0, 0.05) is 5.69 Å². The highest BCUT2D eigenvalue weighted by molar-refractivity contribution is 6.14. The molecule has 6 nitrogen and oxygen atoms in total. The first-order valence-electron chi connectivity index (χ1n) is 9.35. The molecule has 28 heavy (non-hydrogen) atoms. The van der Waals surface area contributed by atoms with Gasteiger partial charge in [-0.1, -0.05) is 12.1 Å². The summed E-state index contributed by atoms with van der Waals surface area (Å²) in [5, 5.41) is 5.58. The van der Waals surface area contributed by atoms with Crippen LogP contribution in [0, 0.1) is 5.41 Å². The summed E-state index contributed by atoms with van der Waals surface area (Å²) in [6.07, 6.45) is -0.0333. The fourth-order valence-electron chi connectivity index (χ4n) is 2.40. The van der Waals surface area contributed by atoms with Crippen LogP contribution in [-0.2, 0) is 9.59 Å². The Morgan fingerprint density at radius 1 is 0.964 bits per heavy atom. The summed E-state index contributed by atoms with van der Waals surface area (Å²) in [6.45, 7) is 9.46. The van der Waals surface area contributed by atoms with E-state index in [1.54, 1.807) is 56.3 Å². The number of carbonyl (C=O) groups excluding carboxylic acids is 2. The molecule has 0 radical (unpaired) electrons. The van der Waals surface area contributed by atoms with Gasteiger partial charge in [-0.2, -0.15) is 0 Å². The molecule has 0 unspecified atom stereocenters. The average molecular weight is 384 g/mol. The van der Waals surface area contributed by atoms with Gasteiger partial charge in [-0.15, -0.1) is 0 Å². The maximum Gasteiger partial charge on any atom is 0.239 e. The van der Waals surface area contributed by atoms with Crippen molar-refractivity contribution in [2.75, 3.05) is 17.2 Å². The van der Waals surface area contributed by atoms with Gasteiger partial charge in [0.2, 0.25) is 11.8 Å². The zero-order chi connectivity index (χ0) is 20.7. The lowest BCUT2D eigenvalue weighted by Gasteiger charge is -2.24. The second-order valence-electron chi connectivity index (χ2n) is 7.15. The summed E-state index contributed by atoms with van der Waals surface area (Å²) >= 11 is 0. The highest BCUT2D eigenvalue weighted by Crippen LogP contribution is 2.28. The van der Waals surface area contributed by atoms with E-state index in [1.165, 1.54) is 0 Å². The van der Waals surface area contributed by atoms with Crippen molar-refractivity contribution >= 4 is 23.2 Å². The van der Waals surface area contributed by atoms with Gasteiger partial charge < -0.3 is 20.1 Å². The van der Waals surface area contributed by atoms with Crippen LogP contribution in [0.3, 0.4) is 0 Å². The van der Waals surface area contributed by atoms with Gasteiger partial charge >= 0.3 is 0 Å². The third-order valence-corrected chi connectivity index (χ3v) is 4.06. The van der Waals surface area contributed by atoms with Crippen LogP contribution in [0.25, 0.3) is 0 Å². The summed E-state index contributed by atoms with van der Waals surface area (Å²) < 4.78 is 11.1. The SMILES string of the molecule is CCOc1ccc(NC(=O)C(C)(C)C(=O)Nc2ccccc2OC(C)C)cc1. The first kappa shape index (κ1) is 21.3. The fourth-order valence-corrected chi connectivity index (χ4v) is 2.40. The van der Waals surface area contributed by atoms with Gasteiger partial charge in [0.25, 0.3) is 0 Å². The predicted octanol–water partition coefficient (Wildman–Crippen LogP) is 4.48. The van der Waals surface area contributed by atoms with Crippen molar-refractivity contribution in [3.63, 3.8) is 0 Å². The van der Waals surface area contributed by atoms with Crippen molar-refractivity contribution in [2.45, 2.75) is 40.7 Å². The molecule has 2 aromatic carbocycles. The van der Waals surface area contributed by atoms with Crippen molar-refractivity contribution in [1.82, 2.24) is 0 Å². The topological polar surface area (TPSA) is 76.7 Å². The molecule has 0 atom stereocenters. The molecule has 0 saturated carbocycles. The molecule has 2 amide bonds. The third-order valence-electron chi connectivity index (χ3n) is 4.06. The molecule has 0 spiro atoms. The molecule has 0 aliphatic heterocycles. The van der Waals surface area contributed by atoms with Crippen LogP contribution in [-0.4, -0.2) is 24.5 Å². The Hall–Kier alpha value is -3.02. The van der Waals surface area contributed by atoms with Gasteiger partial charge in [-0.25, -0.2) is 0 Å². The molecule has 0 heterocycles. The van der Waals surface area contributed by atoms with E-state index in [-0.39, 0.29) is 6.10 Å². The minimum atomic E-state index is -1.29. The molecule has 2 aromatic rings. The van der Waals surface area contributed by atoms with Crippen LogP contribution in [0.5, 0.6) is 11.5 Å². The van der Waals surface area contributed by atoms with Crippen LogP contribution in [0.2, 0.25) is 0 Å². The Labute approximate surface area is 166 Å². The molecule has 0 fully saturated rings. The Morgan fingerprint density at radius 3 is 2.18 bits per heavy atom. The summed E-state index contributed by atoms with van der Waals surface area (Å²) in [7, 11) is 0. The van der Waals surface area contributed by atoms with E-state index in [1.807, 2.05) is 26.8 Å². The number of ether oxygens (including phenoxy) is 2. The lowest BCUT2D eigenvalue weighted by atomic mass is 9.90. The van der Waals surface area contributed by atoms with E-state index in [9.17, 15) is 9.59 Å². The number of para-hydroxylation sites is 2. The monoisotopic (exact) mass is 384 g/mol. The van der Waals surface area contributed by atoms with Gasteiger partial charge in [0.1, 0.15) is 16.9 Å². The standard InChI is InChI=1S/C22H28N2O4/c1-6-27-17-13-11-16(12-14-17)23-20(25)22(4,5)21(26)24-18-9-7-8-10-19(18)28-15(2)3/h7-15H,6H2,1-5H3,(H,23,25)(H,24,26). The summed E-state index contributed by atoms with van der Waals surface area (Å²) in [5.41, 5.74) is -0.162. The lowest BCUT2D eigenvalue weighted by molar-refractivity contribution is -0.135. The molecule has 0 aliphatic carbocycles. The van der Waals surface area contributed by atoms with E-state index < -0.39 is 17.2 Å². The molecule has 0 saturated heterocycles.